The maximum atomic E-state index is 11.7. The summed E-state index contributed by atoms with van der Waals surface area (Å²) >= 11 is 0. The van der Waals surface area contributed by atoms with Crippen LogP contribution in [0.1, 0.15) is 37.3 Å². The molecule has 16 heavy (non-hydrogen) atoms. The van der Waals surface area contributed by atoms with E-state index in [0.29, 0.717) is 17.3 Å². The maximum absolute atomic E-state index is 11.7. The van der Waals surface area contributed by atoms with Crippen LogP contribution in [0.2, 0.25) is 0 Å². The quantitative estimate of drug-likeness (QED) is 0.544. The zero-order valence-electron chi connectivity index (χ0n) is 9.74. The Kier molecular flexibility index (Phi) is 3.55. The summed E-state index contributed by atoms with van der Waals surface area (Å²) in [5.74, 6) is 0.360. The lowest BCUT2D eigenvalue weighted by atomic mass is 10.3. The van der Waals surface area contributed by atoms with E-state index in [0.717, 1.165) is 0 Å². The predicted molar refractivity (Wildman–Crippen MR) is 61.2 cm³/mol. The number of nitrogens with two attached hydrogens (primary N) is 2. The van der Waals surface area contributed by atoms with Crippen molar-refractivity contribution >= 4 is 11.7 Å². The van der Waals surface area contributed by atoms with Crippen molar-refractivity contribution in [3.8, 4) is 0 Å². The zero-order chi connectivity index (χ0) is 12.3. The van der Waals surface area contributed by atoms with Crippen molar-refractivity contribution in [3.05, 3.63) is 23.9 Å². The molecule has 6 nitrogen and oxygen atoms in total. The number of hydrogen-bond acceptors (Lipinski definition) is 3. The minimum atomic E-state index is -0.340. The first-order valence-electron chi connectivity index (χ1n) is 5.08. The van der Waals surface area contributed by atoms with E-state index in [-0.39, 0.29) is 11.9 Å². The highest BCUT2D eigenvalue weighted by atomic mass is 16.2. The first-order chi connectivity index (χ1) is 7.47. The number of aromatic nitrogens is 2. The second-order valence-electron chi connectivity index (χ2n) is 3.73. The highest BCUT2D eigenvalue weighted by molar-refractivity contribution is 5.96. The van der Waals surface area contributed by atoms with Crippen LogP contribution in [0.3, 0.4) is 0 Å². The number of allylic oxidation sites excluding steroid dienone is 1. The Hall–Kier alpha value is -1.98. The molecule has 0 radical (unpaired) electrons. The van der Waals surface area contributed by atoms with Gasteiger partial charge in [-0.25, -0.2) is 4.57 Å². The number of anilines is 1. The third-order valence-electron chi connectivity index (χ3n) is 2.23. The van der Waals surface area contributed by atoms with Gasteiger partial charge in [0.1, 0.15) is 0 Å². The molecule has 1 aromatic rings. The van der Waals surface area contributed by atoms with E-state index >= 15 is 0 Å². The smallest absolute Gasteiger partial charge is 0.295 e. The summed E-state index contributed by atoms with van der Waals surface area (Å²) in [5, 5.41) is 2.51. The first kappa shape index (κ1) is 12.1. The Labute approximate surface area is 94.3 Å². The van der Waals surface area contributed by atoms with Crippen molar-refractivity contribution in [2.45, 2.75) is 26.8 Å². The Morgan fingerprint density at radius 2 is 2.25 bits per heavy atom. The molecule has 1 aromatic heterocycles. The summed E-state index contributed by atoms with van der Waals surface area (Å²) in [5.41, 5.74) is 11.6. The number of aromatic amines is 1. The van der Waals surface area contributed by atoms with Crippen molar-refractivity contribution < 1.29 is 9.36 Å². The summed E-state index contributed by atoms with van der Waals surface area (Å²) in [6.07, 6.45) is 3.27. The number of nitrogen functional groups attached to an aromatic ring is 1. The Bertz CT molecular complexity index is 419. The normalized spacial score (nSPS) is 11.9. The van der Waals surface area contributed by atoms with Gasteiger partial charge in [0.2, 0.25) is 5.69 Å². The summed E-state index contributed by atoms with van der Waals surface area (Å²) in [6.45, 7) is 5.69. The number of carbonyl (C=O) groups excluding carboxylic acids is 1. The van der Waals surface area contributed by atoms with Crippen LogP contribution in [0.5, 0.6) is 0 Å². The maximum Gasteiger partial charge on any atom is 0.295 e. The fourth-order valence-corrected chi connectivity index (χ4v) is 1.28. The average molecular weight is 224 g/mol. The third-order valence-corrected chi connectivity index (χ3v) is 2.23. The van der Waals surface area contributed by atoms with E-state index in [9.17, 15) is 4.79 Å². The predicted octanol–water partition coefficient (Wildman–Crippen LogP) is 0.0151. The lowest BCUT2D eigenvalue weighted by Crippen LogP contribution is -2.38. The molecule has 0 fully saturated rings. The third kappa shape index (κ3) is 2.33. The minimum absolute atomic E-state index is 0.192. The van der Waals surface area contributed by atoms with Crippen molar-refractivity contribution in [1.29, 1.82) is 0 Å². The Balaban J connectivity index is 2.93. The summed E-state index contributed by atoms with van der Waals surface area (Å²) in [7, 11) is 0. The zero-order valence-corrected chi connectivity index (χ0v) is 9.74. The Morgan fingerprint density at radius 1 is 1.62 bits per heavy atom. The van der Waals surface area contributed by atoms with E-state index < -0.39 is 0 Å². The largest absolute Gasteiger partial charge is 0.385 e. The molecule has 0 saturated heterocycles. The van der Waals surface area contributed by atoms with E-state index in [1.54, 1.807) is 23.9 Å². The van der Waals surface area contributed by atoms with Crippen molar-refractivity contribution in [2.75, 3.05) is 5.73 Å². The first-order valence-corrected chi connectivity index (χ1v) is 5.08. The molecule has 0 aliphatic heterocycles. The highest BCUT2D eigenvalue weighted by Gasteiger charge is 2.22. The topological polar surface area (TPSA) is 101 Å². The molecule has 88 valence electrons. The van der Waals surface area contributed by atoms with Crippen molar-refractivity contribution in [3.63, 3.8) is 0 Å². The number of carbonyl (C=O) groups is 1. The fraction of sp³-hybridized carbons (Fsp3) is 0.400. The molecule has 1 heterocycles. The lowest BCUT2D eigenvalue weighted by molar-refractivity contribution is -0.701. The van der Waals surface area contributed by atoms with E-state index in [2.05, 4.69) is 10.3 Å². The number of amides is 1. The molecule has 0 saturated carbocycles. The molecule has 6 N–H and O–H groups in total. The molecule has 0 aromatic carbocycles. The molecular weight excluding hydrogens is 206 g/mol. The summed E-state index contributed by atoms with van der Waals surface area (Å²) < 4.78 is 1.78. The van der Waals surface area contributed by atoms with E-state index in [4.69, 9.17) is 11.5 Å². The van der Waals surface area contributed by atoms with Crippen LogP contribution in [-0.4, -0.2) is 10.9 Å². The van der Waals surface area contributed by atoms with Gasteiger partial charge in [-0.1, -0.05) is 0 Å². The van der Waals surface area contributed by atoms with Crippen LogP contribution in [0.25, 0.3) is 0 Å². The van der Waals surface area contributed by atoms with Gasteiger partial charge in [-0.05, 0) is 26.8 Å². The van der Waals surface area contributed by atoms with Gasteiger partial charge in [-0.3, -0.25) is 9.78 Å². The molecule has 0 aliphatic rings. The van der Waals surface area contributed by atoms with Gasteiger partial charge in [0, 0.05) is 0 Å². The van der Waals surface area contributed by atoms with Crippen LogP contribution in [0, 0.1) is 0 Å². The second kappa shape index (κ2) is 4.69. The fourth-order valence-electron chi connectivity index (χ4n) is 1.28. The minimum Gasteiger partial charge on any atom is -0.385 e. The van der Waals surface area contributed by atoms with Gasteiger partial charge >= 0.3 is 0 Å². The number of hydrogen-bond donors (Lipinski definition) is 4. The number of nitrogens with one attached hydrogen (secondary N) is 2. The average Bonchev–Trinajstić information content (AvgIpc) is 2.59. The molecule has 1 amide bonds. The summed E-state index contributed by atoms with van der Waals surface area (Å²) in [4.78, 5) is 14.5. The second-order valence-corrected chi connectivity index (χ2v) is 3.73. The van der Waals surface area contributed by atoms with Gasteiger partial charge in [0.15, 0.2) is 6.33 Å². The molecular formula is C10H18N5O+. The van der Waals surface area contributed by atoms with Crippen molar-refractivity contribution in [2.24, 2.45) is 5.73 Å². The Morgan fingerprint density at radius 3 is 2.69 bits per heavy atom. The molecule has 0 unspecified atom stereocenters. The van der Waals surface area contributed by atoms with Crippen molar-refractivity contribution in [1.82, 2.24) is 10.3 Å². The standard InChI is InChI=1S/C10H17N5O/c1-4-7(11)14-10(16)8-9(12)15(5-13-8)6(2)3/h4-6H,11H2,1-3H3,(H3,12,14,16)/p+1. The molecule has 0 spiro atoms. The number of nitrogens with zero attached hydrogens (tertiary/aromatic N) is 1. The van der Waals surface area contributed by atoms with Crippen LogP contribution < -0.4 is 21.4 Å². The monoisotopic (exact) mass is 224 g/mol. The van der Waals surface area contributed by atoms with Gasteiger partial charge in [0.05, 0.1) is 11.9 Å². The lowest BCUT2D eigenvalue weighted by Gasteiger charge is -2.03. The highest BCUT2D eigenvalue weighted by Crippen LogP contribution is 2.06. The summed E-state index contributed by atoms with van der Waals surface area (Å²) in [6, 6.07) is 0.192. The van der Waals surface area contributed by atoms with E-state index in [1.165, 1.54) is 0 Å². The molecule has 0 bridgehead atoms. The van der Waals surface area contributed by atoms with Gasteiger partial charge < -0.3 is 16.8 Å². The van der Waals surface area contributed by atoms with E-state index in [1.807, 2.05) is 13.8 Å². The number of rotatable bonds is 3. The number of imidazole rings is 1. The number of H-pyrrole nitrogens is 1. The van der Waals surface area contributed by atoms with Crippen LogP contribution in [0.4, 0.5) is 5.82 Å². The van der Waals surface area contributed by atoms with Crippen LogP contribution in [-0.2, 0) is 0 Å². The van der Waals surface area contributed by atoms with Crippen LogP contribution in [0.15, 0.2) is 18.2 Å². The van der Waals surface area contributed by atoms with Crippen LogP contribution >= 0.6 is 0 Å². The molecule has 6 heteroatoms. The SMILES string of the molecule is CC=C(N)NC(=O)c1[nH]c[n+](C(C)C)c1N. The molecule has 0 atom stereocenters. The van der Waals surface area contributed by atoms with Gasteiger partial charge in [-0.2, -0.15) is 0 Å². The van der Waals surface area contributed by atoms with Gasteiger partial charge in [0.25, 0.3) is 11.7 Å². The van der Waals surface area contributed by atoms with Gasteiger partial charge in [-0.15, -0.1) is 0 Å². The molecule has 0 aliphatic carbocycles. The molecule has 1 rings (SSSR count).